The van der Waals surface area contributed by atoms with Gasteiger partial charge in [0.25, 0.3) is 0 Å². The van der Waals surface area contributed by atoms with E-state index >= 15 is 0 Å². The molecule has 3 nitrogen and oxygen atoms in total. The molecular weight excluding hydrogens is 284 g/mol. The van der Waals surface area contributed by atoms with Gasteiger partial charge in [0.05, 0.1) is 20.3 Å². The first-order valence-corrected chi connectivity index (χ1v) is 7.58. The van der Waals surface area contributed by atoms with Crippen LogP contribution >= 0.6 is 11.3 Å². The van der Waals surface area contributed by atoms with Crippen LogP contribution in [-0.2, 0) is 17.8 Å². The Kier molecular flexibility index (Phi) is 6.29. The van der Waals surface area contributed by atoms with Gasteiger partial charge in [-0.15, -0.1) is 11.3 Å². The average Bonchev–Trinajstić information content (AvgIpc) is 3.03. The van der Waals surface area contributed by atoms with Crippen molar-refractivity contribution in [2.75, 3.05) is 20.3 Å². The van der Waals surface area contributed by atoms with E-state index in [0.717, 1.165) is 23.3 Å². The van der Waals surface area contributed by atoms with Crippen molar-refractivity contribution in [2.45, 2.75) is 13.0 Å². The molecule has 0 amide bonds. The summed E-state index contributed by atoms with van der Waals surface area (Å²) in [4.78, 5) is 1.32. The molecule has 4 heteroatoms. The third-order valence-electron chi connectivity index (χ3n) is 2.94. The summed E-state index contributed by atoms with van der Waals surface area (Å²) in [5.41, 5.74) is 1.84. The third-order valence-corrected chi connectivity index (χ3v) is 3.88. The van der Waals surface area contributed by atoms with Crippen LogP contribution < -0.4 is 4.74 Å². The Labute approximate surface area is 129 Å². The van der Waals surface area contributed by atoms with Crippen LogP contribution in [0.4, 0.5) is 0 Å². The lowest BCUT2D eigenvalue weighted by molar-refractivity contribution is 0.124. The molecule has 1 heterocycles. The number of thiophene rings is 1. The Bertz CT molecular complexity index is 609. The number of rotatable bonds is 6. The maximum absolute atomic E-state index is 8.81. The van der Waals surface area contributed by atoms with Crippen LogP contribution in [0.15, 0.2) is 35.7 Å². The van der Waals surface area contributed by atoms with Crippen molar-refractivity contribution in [1.82, 2.24) is 0 Å². The molecule has 0 atom stereocenters. The van der Waals surface area contributed by atoms with Crippen molar-refractivity contribution >= 4 is 11.3 Å². The van der Waals surface area contributed by atoms with Crippen molar-refractivity contribution in [3.05, 3.63) is 51.7 Å². The first-order valence-electron chi connectivity index (χ1n) is 6.70. The first kappa shape index (κ1) is 15.6. The zero-order valence-electron chi connectivity index (χ0n) is 12.0. The van der Waals surface area contributed by atoms with Crippen molar-refractivity contribution in [2.24, 2.45) is 0 Å². The van der Waals surface area contributed by atoms with Crippen LogP contribution in [0.3, 0.4) is 0 Å². The molecule has 21 heavy (non-hydrogen) atoms. The fourth-order valence-electron chi connectivity index (χ4n) is 1.88. The van der Waals surface area contributed by atoms with E-state index in [2.05, 4.69) is 23.3 Å². The summed E-state index contributed by atoms with van der Waals surface area (Å²) in [7, 11) is 1.63. The van der Waals surface area contributed by atoms with Crippen molar-refractivity contribution in [3.8, 4) is 17.6 Å². The number of aliphatic hydroxyl groups is 1. The zero-order valence-corrected chi connectivity index (χ0v) is 12.8. The second-order valence-corrected chi connectivity index (χ2v) is 5.40. The van der Waals surface area contributed by atoms with Gasteiger partial charge in [-0.3, -0.25) is 0 Å². The largest absolute Gasteiger partial charge is 0.497 e. The molecule has 0 unspecified atom stereocenters. The Morgan fingerprint density at radius 3 is 2.90 bits per heavy atom. The molecule has 2 aromatic rings. The van der Waals surface area contributed by atoms with Crippen LogP contribution in [0.5, 0.6) is 5.75 Å². The second-order valence-electron chi connectivity index (χ2n) is 4.36. The Hall–Kier alpha value is -1.80. The summed E-state index contributed by atoms with van der Waals surface area (Å²) >= 11 is 1.74. The fraction of sp³-hybridized carbons (Fsp3) is 0.294. The van der Waals surface area contributed by atoms with Crippen LogP contribution in [0.2, 0.25) is 0 Å². The van der Waals surface area contributed by atoms with Gasteiger partial charge in [0, 0.05) is 16.9 Å². The number of ether oxygens (including phenoxy) is 2. The highest BCUT2D eigenvalue weighted by molar-refractivity contribution is 7.09. The second kappa shape index (κ2) is 8.48. The molecule has 0 aliphatic heterocycles. The number of aliphatic hydroxyl groups excluding tert-OH is 1. The van der Waals surface area contributed by atoms with Gasteiger partial charge in [-0.05, 0) is 35.2 Å². The third kappa shape index (κ3) is 4.91. The molecular formula is C17H18O3S. The highest BCUT2D eigenvalue weighted by atomic mass is 32.1. The predicted octanol–water partition coefficient (Wildman–Crippen LogP) is 2.86. The SMILES string of the molecule is COc1ccc(C#CCO)c(COCCc2cccs2)c1. The van der Waals surface area contributed by atoms with Gasteiger partial charge in [0.2, 0.25) is 0 Å². The smallest absolute Gasteiger partial charge is 0.119 e. The molecule has 0 saturated carbocycles. The lowest BCUT2D eigenvalue weighted by Crippen LogP contribution is -2.00. The van der Waals surface area contributed by atoms with Gasteiger partial charge in [0.15, 0.2) is 0 Å². The summed E-state index contributed by atoms with van der Waals surface area (Å²) in [5, 5.41) is 10.9. The molecule has 1 aromatic heterocycles. The molecule has 1 N–H and O–H groups in total. The van der Waals surface area contributed by atoms with E-state index in [4.69, 9.17) is 14.6 Å². The summed E-state index contributed by atoms with van der Waals surface area (Å²) in [6, 6.07) is 9.82. The van der Waals surface area contributed by atoms with Gasteiger partial charge < -0.3 is 14.6 Å². The van der Waals surface area contributed by atoms with Crippen molar-refractivity contribution in [3.63, 3.8) is 0 Å². The number of hydrogen-bond donors (Lipinski definition) is 1. The minimum Gasteiger partial charge on any atom is -0.497 e. The molecule has 0 radical (unpaired) electrons. The number of hydrogen-bond acceptors (Lipinski definition) is 4. The molecule has 0 bridgehead atoms. The van der Waals surface area contributed by atoms with E-state index in [0.29, 0.717) is 13.2 Å². The highest BCUT2D eigenvalue weighted by Gasteiger charge is 2.03. The topological polar surface area (TPSA) is 38.7 Å². The molecule has 2 rings (SSSR count). The van der Waals surface area contributed by atoms with Crippen molar-refractivity contribution in [1.29, 1.82) is 0 Å². The van der Waals surface area contributed by atoms with Gasteiger partial charge in [-0.1, -0.05) is 17.9 Å². The fourth-order valence-corrected chi connectivity index (χ4v) is 2.57. The molecule has 0 aliphatic carbocycles. The summed E-state index contributed by atoms with van der Waals surface area (Å²) in [6.07, 6.45) is 0.916. The van der Waals surface area contributed by atoms with E-state index in [1.807, 2.05) is 24.3 Å². The summed E-state index contributed by atoms with van der Waals surface area (Å²) in [6.45, 7) is 1.01. The Balaban J connectivity index is 1.96. The number of methoxy groups -OCH3 is 1. The van der Waals surface area contributed by atoms with E-state index in [9.17, 15) is 0 Å². The van der Waals surface area contributed by atoms with Crippen LogP contribution in [-0.4, -0.2) is 25.4 Å². The molecule has 1 aromatic carbocycles. The maximum Gasteiger partial charge on any atom is 0.119 e. The predicted molar refractivity (Wildman–Crippen MR) is 84.6 cm³/mol. The van der Waals surface area contributed by atoms with E-state index in [1.165, 1.54) is 4.88 Å². The van der Waals surface area contributed by atoms with Gasteiger partial charge in [-0.2, -0.15) is 0 Å². The molecule has 0 spiro atoms. The lowest BCUT2D eigenvalue weighted by atomic mass is 10.1. The Morgan fingerprint density at radius 1 is 1.29 bits per heavy atom. The van der Waals surface area contributed by atoms with Crippen LogP contribution in [0.25, 0.3) is 0 Å². The molecule has 110 valence electrons. The molecule has 0 saturated heterocycles. The van der Waals surface area contributed by atoms with E-state index in [1.54, 1.807) is 18.4 Å². The Morgan fingerprint density at radius 2 is 2.19 bits per heavy atom. The summed E-state index contributed by atoms with van der Waals surface area (Å²) in [5.74, 6) is 6.38. The maximum atomic E-state index is 8.81. The van der Waals surface area contributed by atoms with E-state index < -0.39 is 0 Å². The zero-order chi connectivity index (χ0) is 14.9. The minimum absolute atomic E-state index is 0.148. The van der Waals surface area contributed by atoms with Gasteiger partial charge in [0.1, 0.15) is 12.4 Å². The molecule has 0 fully saturated rings. The lowest BCUT2D eigenvalue weighted by Gasteiger charge is -2.08. The highest BCUT2D eigenvalue weighted by Crippen LogP contribution is 2.18. The minimum atomic E-state index is -0.148. The van der Waals surface area contributed by atoms with Crippen LogP contribution in [0.1, 0.15) is 16.0 Å². The standard InChI is InChI=1S/C17H18O3S/c1-19-16-7-6-14(4-2-9-18)15(12-16)13-20-10-8-17-5-3-11-21-17/h3,5-7,11-12,18H,8-10,13H2,1H3. The van der Waals surface area contributed by atoms with Gasteiger partial charge in [-0.25, -0.2) is 0 Å². The summed E-state index contributed by atoms with van der Waals surface area (Å²) < 4.78 is 11.0. The average molecular weight is 302 g/mol. The normalized spacial score (nSPS) is 10.0. The quantitative estimate of drug-likeness (QED) is 0.659. The van der Waals surface area contributed by atoms with Crippen molar-refractivity contribution < 1.29 is 14.6 Å². The van der Waals surface area contributed by atoms with Crippen LogP contribution in [0, 0.1) is 11.8 Å². The molecule has 0 aliphatic rings. The first-order chi connectivity index (χ1) is 10.3. The number of benzene rings is 1. The van der Waals surface area contributed by atoms with Gasteiger partial charge >= 0.3 is 0 Å². The van der Waals surface area contributed by atoms with E-state index in [-0.39, 0.29) is 6.61 Å². The monoisotopic (exact) mass is 302 g/mol.